The molecule has 0 spiro atoms. The fourth-order valence-electron chi connectivity index (χ4n) is 0.653. The SMILES string of the molecule is FC(F)Oc1ccc(I)c(Br)c1. The summed E-state index contributed by atoms with van der Waals surface area (Å²) in [6.07, 6.45) is 0. The Hall–Kier alpha value is 0.0900. The fraction of sp³-hybridized carbons (Fsp3) is 0.143. The number of ether oxygens (including phenoxy) is 1. The topological polar surface area (TPSA) is 9.23 Å². The minimum Gasteiger partial charge on any atom is -0.435 e. The second-order valence-corrected chi connectivity index (χ2v) is 3.97. The zero-order valence-corrected chi connectivity index (χ0v) is 9.47. The lowest BCUT2D eigenvalue weighted by molar-refractivity contribution is -0.0498. The van der Waals surface area contributed by atoms with Gasteiger partial charge in [-0.25, -0.2) is 0 Å². The lowest BCUT2D eigenvalue weighted by Crippen LogP contribution is -2.01. The molecular weight excluding hydrogens is 345 g/mol. The first-order valence-electron chi connectivity index (χ1n) is 2.99. The third kappa shape index (κ3) is 2.85. The molecule has 0 saturated heterocycles. The van der Waals surface area contributed by atoms with E-state index in [0.29, 0.717) is 0 Å². The van der Waals surface area contributed by atoms with Crippen LogP contribution in [0.25, 0.3) is 0 Å². The molecule has 1 nitrogen and oxygen atoms in total. The maximum Gasteiger partial charge on any atom is 0.387 e. The van der Waals surface area contributed by atoms with Crippen molar-refractivity contribution in [3.8, 4) is 5.75 Å². The van der Waals surface area contributed by atoms with Gasteiger partial charge in [-0.2, -0.15) is 8.78 Å². The molecule has 0 aliphatic carbocycles. The van der Waals surface area contributed by atoms with E-state index >= 15 is 0 Å². The van der Waals surface area contributed by atoms with Crippen molar-refractivity contribution in [2.24, 2.45) is 0 Å². The Morgan fingerprint density at radius 2 is 2.08 bits per heavy atom. The maximum absolute atomic E-state index is 11.7. The molecule has 0 N–H and O–H groups in total. The minimum absolute atomic E-state index is 0.164. The highest BCUT2D eigenvalue weighted by Gasteiger charge is 2.05. The number of halogens is 4. The smallest absolute Gasteiger partial charge is 0.387 e. The van der Waals surface area contributed by atoms with Crippen LogP contribution >= 0.6 is 38.5 Å². The van der Waals surface area contributed by atoms with E-state index in [1.807, 2.05) is 0 Å². The first-order valence-corrected chi connectivity index (χ1v) is 4.86. The Balaban J connectivity index is 2.82. The first kappa shape index (κ1) is 10.2. The zero-order valence-electron chi connectivity index (χ0n) is 5.73. The van der Waals surface area contributed by atoms with Crippen molar-refractivity contribution in [3.63, 3.8) is 0 Å². The van der Waals surface area contributed by atoms with Crippen molar-refractivity contribution >= 4 is 38.5 Å². The van der Waals surface area contributed by atoms with Crippen LogP contribution in [0.5, 0.6) is 5.75 Å². The lowest BCUT2D eigenvalue weighted by Gasteiger charge is -2.04. The van der Waals surface area contributed by atoms with Gasteiger partial charge in [-0.05, 0) is 56.7 Å². The molecule has 0 bridgehead atoms. The first-order chi connectivity index (χ1) is 5.59. The molecule has 66 valence electrons. The van der Waals surface area contributed by atoms with Crippen molar-refractivity contribution in [2.75, 3.05) is 0 Å². The summed E-state index contributed by atoms with van der Waals surface area (Å²) < 4.78 is 29.3. The van der Waals surface area contributed by atoms with Gasteiger partial charge in [0.05, 0.1) is 0 Å². The zero-order chi connectivity index (χ0) is 9.14. The highest BCUT2D eigenvalue weighted by Crippen LogP contribution is 2.25. The van der Waals surface area contributed by atoms with Crippen LogP contribution in [0, 0.1) is 3.57 Å². The Morgan fingerprint density at radius 3 is 2.58 bits per heavy atom. The van der Waals surface area contributed by atoms with E-state index in [1.165, 1.54) is 12.1 Å². The van der Waals surface area contributed by atoms with Gasteiger partial charge in [0.2, 0.25) is 0 Å². The van der Waals surface area contributed by atoms with Crippen LogP contribution in [0.4, 0.5) is 8.78 Å². The quantitative estimate of drug-likeness (QED) is 0.741. The standard InChI is InChI=1S/C7H4BrF2IO/c8-5-3-4(12-7(9)10)1-2-6(5)11/h1-3,7H. The summed E-state index contributed by atoms with van der Waals surface area (Å²) in [5, 5.41) is 0. The van der Waals surface area contributed by atoms with Crippen molar-refractivity contribution in [1.82, 2.24) is 0 Å². The molecule has 0 radical (unpaired) electrons. The van der Waals surface area contributed by atoms with E-state index in [9.17, 15) is 8.78 Å². The minimum atomic E-state index is -2.77. The molecule has 12 heavy (non-hydrogen) atoms. The third-order valence-electron chi connectivity index (χ3n) is 1.12. The summed E-state index contributed by atoms with van der Waals surface area (Å²) in [6, 6.07) is 4.70. The van der Waals surface area contributed by atoms with Crippen LogP contribution in [-0.4, -0.2) is 6.61 Å². The molecule has 1 rings (SSSR count). The Morgan fingerprint density at radius 1 is 1.42 bits per heavy atom. The van der Waals surface area contributed by atoms with E-state index in [1.54, 1.807) is 6.07 Å². The highest BCUT2D eigenvalue weighted by molar-refractivity contribution is 14.1. The molecule has 0 unspecified atom stereocenters. The second-order valence-electron chi connectivity index (χ2n) is 1.95. The van der Waals surface area contributed by atoms with Crippen molar-refractivity contribution in [1.29, 1.82) is 0 Å². The van der Waals surface area contributed by atoms with Gasteiger partial charge in [0, 0.05) is 8.04 Å². The molecule has 0 atom stereocenters. The lowest BCUT2D eigenvalue weighted by atomic mass is 10.3. The number of hydrogen-bond acceptors (Lipinski definition) is 1. The molecule has 0 saturated carbocycles. The molecule has 0 aliphatic heterocycles. The fourth-order valence-corrected chi connectivity index (χ4v) is 1.35. The molecule has 0 heterocycles. The van der Waals surface area contributed by atoms with Gasteiger partial charge in [0.25, 0.3) is 0 Å². The van der Waals surface area contributed by atoms with Crippen molar-refractivity contribution in [2.45, 2.75) is 6.61 Å². The largest absolute Gasteiger partial charge is 0.435 e. The summed E-state index contributed by atoms with van der Waals surface area (Å²) in [5.74, 6) is 0.164. The summed E-state index contributed by atoms with van der Waals surface area (Å²) in [6.45, 7) is -2.77. The monoisotopic (exact) mass is 348 g/mol. The molecule has 5 heteroatoms. The number of alkyl halides is 2. The normalized spacial score (nSPS) is 10.4. The Bertz CT molecular complexity index is 280. The third-order valence-corrected chi connectivity index (χ3v) is 3.45. The van der Waals surface area contributed by atoms with E-state index in [-0.39, 0.29) is 5.75 Å². The summed E-state index contributed by atoms with van der Waals surface area (Å²) in [5.41, 5.74) is 0. The maximum atomic E-state index is 11.7. The van der Waals surface area contributed by atoms with E-state index in [2.05, 4.69) is 43.3 Å². The average Bonchev–Trinajstić information content (AvgIpc) is 1.96. The summed E-state index contributed by atoms with van der Waals surface area (Å²) in [7, 11) is 0. The molecule has 1 aromatic carbocycles. The Labute approximate surface area is 90.4 Å². The predicted octanol–water partition coefficient (Wildman–Crippen LogP) is 3.66. The van der Waals surface area contributed by atoms with Crippen LogP contribution < -0.4 is 4.74 Å². The van der Waals surface area contributed by atoms with Gasteiger partial charge in [0.15, 0.2) is 0 Å². The Kier molecular flexibility index (Phi) is 3.70. The molecule has 0 aromatic heterocycles. The second kappa shape index (κ2) is 4.36. The molecule has 1 aromatic rings. The van der Waals surface area contributed by atoms with Crippen LogP contribution in [0.2, 0.25) is 0 Å². The number of hydrogen-bond donors (Lipinski definition) is 0. The highest BCUT2D eigenvalue weighted by atomic mass is 127. The molecular formula is C7H4BrF2IO. The van der Waals surface area contributed by atoms with Crippen LogP contribution in [0.15, 0.2) is 22.7 Å². The number of rotatable bonds is 2. The number of benzene rings is 1. The van der Waals surface area contributed by atoms with E-state index < -0.39 is 6.61 Å². The average molecular weight is 349 g/mol. The van der Waals surface area contributed by atoms with Crippen molar-refractivity contribution in [3.05, 3.63) is 26.2 Å². The van der Waals surface area contributed by atoms with E-state index in [4.69, 9.17) is 0 Å². The summed E-state index contributed by atoms with van der Waals surface area (Å²) >= 11 is 5.29. The van der Waals surface area contributed by atoms with Gasteiger partial charge in [-0.15, -0.1) is 0 Å². The van der Waals surface area contributed by atoms with Crippen molar-refractivity contribution < 1.29 is 13.5 Å². The molecule has 0 fully saturated rings. The molecule has 0 amide bonds. The van der Waals surface area contributed by atoms with Gasteiger partial charge in [0.1, 0.15) is 5.75 Å². The van der Waals surface area contributed by atoms with Gasteiger partial charge < -0.3 is 4.74 Å². The van der Waals surface area contributed by atoms with E-state index in [0.717, 1.165) is 8.04 Å². The van der Waals surface area contributed by atoms with Crippen LogP contribution in [-0.2, 0) is 0 Å². The van der Waals surface area contributed by atoms with Crippen LogP contribution in [0.1, 0.15) is 0 Å². The van der Waals surface area contributed by atoms with Gasteiger partial charge in [-0.1, -0.05) is 0 Å². The van der Waals surface area contributed by atoms with Crippen LogP contribution in [0.3, 0.4) is 0 Å². The predicted molar refractivity (Wildman–Crippen MR) is 53.5 cm³/mol. The van der Waals surface area contributed by atoms with Gasteiger partial charge in [-0.3, -0.25) is 0 Å². The van der Waals surface area contributed by atoms with Gasteiger partial charge >= 0.3 is 6.61 Å². The molecule has 0 aliphatic rings. The summed E-state index contributed by atoms with van der Waals surface area (Å²) in [4.78, 5) is 0.